The first-order chi connectivity index (χ1) is 6.13. The van der Waals surface area contributed by atoms with Gasteiger partial charge in [-0.3, -0.25) is 4.79 Å². The molecule has 0 atom stereocenters. The van der Waals surface area contributed by atoms with Gasteiger partial charge in [-0.25, -0.2) is 4.98 Å². The molecule has 0 fully saturated rings. The fourth-order valence-electron chi connectivity index (χ4n) is 0.767. The molecule has 0 aliphatic rings. The van der Waals surface area contributed by atoms with Gasteiger partial charge in [0.1, 0.15) is 12.4 Å². The smallest absolute Gasteiger partial charge is 0.325 e. The van der Waals surface area contributed by atoms with Gasteiger partial charge < -0.3 is 9.64 Å². The summed E-state index contributed by atoms with van der Waals surface area (Å²) in [6.07, 6.45) is 0. The molecule has 0 N–H and O–H groups in total. The van der Waals surface area contributed by atoms with Gasteiger partial charge in [0.05, 0.1) is 7.11 Å². The second-order valence-corrected chi connectivity index (χ2v) is 3.29. The molecule has 1 heterocycles. The van der Waals surface area contributed by atoms with Crippen LogP contribution in [0.2, 0.25) is 0 Å². The molecule has 0 spiro atoms. The van der Waals surface area contributed by atoms with Crippen molar-refractivity contribution in [3.05, 3.63) is 5.82 Å². The van der Waals surface area contributed by atoms with Gasteiger partial charge in [-0.05, 0) is 6.92 Å². The van der Waals surface area contributed by atoms with Gasteiger partial charge in [0.25, 0.3) is 0 Å². The van der Waals surface area contributed by atoms with Crippen molar-refractivity contribution < 1.29 is 9.53 Å². The highest BCUT2D eigenvalue weighted by molar-refractivity contribution is 7.09. The zero-order valence-corrected chi connectivity index (χ0v) is 8.59. The van der Waals surface area contributed by atoms with Gasteiger partial charge in [-0.15, -0.1) is 0 Å². The van der Waals surface area contributed by atoms with Gasteiger partial charge in [0.2, 0.25) is 5.13 Å². The van der Waals surface area contributed by atoms with E-state index < -0.39 is 0 Å². The number of aryl methyl sites for hydroxylation is 1. The Morgan fingerprint density at radius 1 is 1.69 bits per heavy atom. The lowest BCUT2D eigenvalue weighted by atomic mass is 10.6. The van der Waals surface area contributed by atoms with Crippen molar-refractivity contribution >= 4 is 22.6 Å². The van der Waals surface area contributed by atoms with Gasteiger partial charge in [0.15, 0.2) is 0 Å². The molecule has 0 aromatic carbocycles. The highest BCUT2D eigenvalue weighted by Crippen LogP contribution is 2.14. The first-order valence-electron chi connectivity index (χ1n) is 3.71. The maximum Gasteiger partial charge on any atom is 0.325 e. The Morgan fingerprint density at radius 2 is 2.38 bits per heavy atom. The van der Waals surface area contributed by atoms with Crippen LogP contribution >= 0.6 is 11.5 Å². The van der Waals surface area contributed by atoms with E-state index in [2.05, 4.69) is 14.1 Å². The second-order valence-electron chi connectivity index (χ2n) is 2.56. The largest absolute Gasteiger partial charge is 0.468 e. The average Bonchev–Trinajstić information content (AvgIpc) is 2.51. The van der Waals surface area contributed by atoms with E-state index in [-0.39, 0.29) is 12.5 Å². The van der Waals surface area contributed by atoms with Crippen LogP contribution in [0.15, 0.2) is 0 Å². The lowest BCUT2D eigenvalue weighted by Crippen LogP contribution is -2.26. The Balaban J connectivity index is 2.58. The van der Waals surface area contributed by atoms with E-state index >= 15 is 0 Å². The molecular weight excluding hydrogens is 190 g/mol. The van der Waals surface area contributed by atoms with Crippen LogP contribution in [0.1, 0.15) is 5.82 Å². The maximum absolute atomic E-state index is 10.9. The number of rotatable bonds is 3. The predicted octanol–water partition coefficient (Wildman–Crippen LogP) is 0.456. The molecule has 5 nitrogen and oxygen atoms in total. The molecule has 1 aromatic rings. The van der Waals surface area contributed by atoms with Crippen molar-refractivity contribution in [2.24, 2.45) is 0 Å². The third kappa shape index (κ3) is 2.66. The number of hydrogen-bond acceptors (Lipinski definition) is 6. The quantitative estimate of drug-likeness (QED) is 0.665. The summed E-state index contributed by atoms with van der Waals surface area (Å²) in [5.74, 6) is 0.437. The van der Waals surface area contributed by atoms with Crippen molar-refractivity contribution in [3.63, 3.8) is 0 Å². The van der Waals surface area contributed by atoms with Crippen molar-refractivity contribution in [2.45, 2.75) is 6.92 Å². The summed E-state index contributed by atoms with van der Waals surface area (Å²) >= 11 is 1.27. The predicted molar refractivity (Wildman–Crippen MR) is 49.9 cm³/mol. The van der Waals surface area contributed by atoms with E-state index in [1.807, 2.05) is 6.92 Å². The minimum Gasteiger partial charge on any atom is -0.468 e. The Bertz CT molecular complexity index is 300. The lowest BCUT2D eigenvalue weighted by Gasteiger charge is -2.12. The normalized spacial score (nSPS) is 9.77. The van der Waals surface area contributed by atoms with Gasteiger partial charge in [0, 0.05) is 18.6 Å². The fraction of sp³-hybridized carbons (Fsp3) is 0.571. The topological polar surface area (TPSA) is 55.3 Å². The van der Waals surface area contributed by atoms with Gasteiger partial charge >= 0.3 is 5.97 Å². The number of aromatic nitrogens is 2. The van der Waals surface area contributed by atoms with E-state index in [9.17, 15) is 4.79 Å². The Labute approximate surface area is 80.5 Å². The van der Waals surface area contributed by atoms with E-state index in [1.54, 1.807) is 11.9 Å². The third-order valence-electron chi connectivity index (χ3n) is 1.44. The molecule has 1 aromatic heterocycles. The summed E-state index contributed by atoms with van der Waals surface area (Å²) in [4.78, 5) is 16.7. The number of methoxy groups -OCH3 is 1. The minimum absolute atomic E-state index is 0.200. The number of nitrogens with zero attached hydrogens (tertiary/aromatic N) is 3. The van der Waals surface area contributed by atoms with Crippen LogP contribution in [0.5, 0.6) is 0 Å². The van der Waals surface area contributed by atoms with Crippen LogP contribution in [0, 0.1) is 6.92 Å². The standard InChI is InChI=1S/C7H11N3O2S/c1-5-8-7(13-9-5)10(2)4-6(11)12-3/h4H2,1-3H3. The first kappa shape index (κ1) is 9.91. The molecule has 0 saturated heterocycles. The van der Waals surface area contributed by atoms with Crippen LogP contribution < -0.4 is 4.90 Å². The molecule has 0 amide bonds. The molecular formula is C7H11N3O2S. The highest BCUT2D eigenvalue weighted by Gasteiger charge is 2.10. The molecule has 1 rings (SSSR count). The molecule has 0 saturated carbocycles. The van der Waals surface area contributed by atoms with Crippen molar-refractivity contribution in [3.8, 4) is 0 Å². The molecule has 0 unspecified atom stereocenters. The van der Waals surface area contributed by atoms with Crippen LogP contribution in [-0.2, 0) is 9.53 Å². The number of likely N-dealkylation sites (N-methyl/N-ethyl adjacent to an activating group) is 1. The number of ether oxygens (including phenoxy) is 1. The Morgan fingerprint density at radius 3 is 2.85 bits per heavy atom. The minimum atomic E-state index is -0.282. The molecule has 0 aliphatic carbocycles. The van der Waals surface area contributed by atoms with Crippen LogP contribution in [0.3, 0.4) is 0 Å². The highest BCUT2D eigenvalue weighted by atomic mass is 32.1. The van der Waals surface area contributed by atoms with E-state index in [4.69, 9.17) is 0 Å². The monoisotopic (exact) mass is 201 g/mol. The number of carbonyl (C=O) groups is 1. The molecule has 0 bridgehead atoms. The molecule has 0 radical (unpaired) electrons. The summed E-state index contributed by atoms with van der Waals surface area (Å²) in [6.45, 7) is 2.01. The average molecular weight is 201 g/mol. The first-order valence-corrected chi connectivity index (χ1v) is 4.49. The van der Waals surface area contributed by atoms with E-state index in [0.717, 1.165) is 11.0 Å². The summed E-state index contributed by atoms with van der Waals surface area (Å²) in [7, 11) is 3.14. The summed E-state index contributed by atoms with van der Waals surface area (Å²) in [5, 5.41) is 0.725. The molecule has 72 valence electrons. The zero-order chi connectivity index (χ0) is 9.84. The number of anilines is 1. The Hall–Kier alpha value is -1.17. The van der Waals surface area contributed by atoms with Crippen LogP contribution in [0.4, 0.5) is 5.13 Å². The second kappa shape index (κ2) is 4.18. The third-order valence-corrected chi connectivity index (χ3v) is 2.36. The van der Waals surface area contributed by atoms with Crippen molar-refractivity contribution in [1.29, 1.82) is 0 Å². The van der Waals surface area contributed by atoms with E-state index in [1.165, 1.54) is 18.6 Å². The molecule has 6 heteroatoms. The number of hydrogen-bond donors (Lipinski definition) is 0. The molecule has 0 aliphatic heterocycles. The van der Waals surface area contributed by atoms with Crippen LogP contribution in [0.25, 0.3) is 0 Å². The Kier molecular flexibility index (Phi) is 3.18. The van der Waals surface area contributed by atoms with Crippen LogP contribution in [-0.4, -0.2) is 36.0 Å². The zero-order valence-electron chi connectivity index (χ0n) is 7.77. The number of carbonyl (C=O) groups excluding carboxylic acids is 1. The van der Waals surface area contributed by atoms with Gasteiger partial charge in [-0.1, -0.05) is 0 Å². The van der Waals surface area contributed by atoms with Gasteiger partial charge in [-0.2, -0.15) is 4.37 Å². The van der Waals surface area contributed by atoms with Crippen molar-refractivity contribution in [1.82, 2.24) is 9.36 Å². The maximum atomic E-state index is 10.9. The van der Waals surface area contributed by atoms with Crippen molar-refractivity contribution in [2.75, 3.05) is 25.6 Å². The molecule has 13 heavy (non-hydrogen) atoms. The lowest BCUT2D eigenvalue weighted by molar-refractivity contribution is -0.138. The van der Waals surface area contributed by atoms with E-state index in [0.29, 0.717) is 0 Å². The summed E-state index contributed by atoms with van der Waals surface area (Å²) in [5.41, 5.74) is 0. The fourth-order valence-corrected chi connectivity index (χ4v) is 1.40. The number of esters is 1. The SMILES string of the molecule is COC(=O)CN(C)c1nc(C)ns1. The summed E-state index contributed by atoms with van der Waals surface area (Å²) in [6, 6.07) is 0. The summed E-state index contributed by atoms with van der Waals surface area (Å²) < 4.78 is 8.53.